The molecule has 3 amide bonds. The molecule has 220 valence electrons. The van der Waals surface area contributed by atoms with Crippen molar-refractivity contribution in [3.63, 3.8) is 0 Å². The topological polar surface area (TPSA) is 131 Å². The minimum absolute atomic E-state index is 0.00495. The highest BCUT2D eigenvalue weighted by molar-refractivity contribution is 6.03. The Bertz CT molecular complexity index is 1080. The van der Waals surface area contributed by atoms with Gasteiger partial charge in [0, 0.05) is 6.54 Å². The maximum absolute atomic E-state index is 13.7. The predicted octanol–water partition coefficient (Wildman–Crippen LogP) is 2.80. The molecular formula is C29H41N3O8. The van der Waals surface area contributed by atoms with E-state index in [-0.39, 0.29) is 19.1 Å². The van der Waals surface area contributed by atoms with Crippen molar-refractivity contribution < 1.29 is 38.2 Å². The Morgan fingerprint density at radius 1 is 1.00 bits per heavy atom. The first kappa shape index (κ1) is 30.9. The molecule has 0 aromatic heterocycles. The van der Waals surface area contributed by atoms with E-state index in [2.05, 4.69) is 5.32 Å². The second-order valence-electron chi connectivity index (χ2n) is 11.5. The van der Waals surface area contributed by atoms with Crippen LogP contribution in [0.3, 0.4) is 0 Å². The van der Waals surface area contributed by atoms with Crippen LogP contribution < -0.4 is 5.32 Å². The number of hydrogen-bond acceptors (Lipinski definition) is 8. The van der Waals surface area contributed by atoms with Gasteiger partial charge in [0.1, 0.15) is 24.3 Å². The van der Waals surface area contributed by atoms with Gasteiger partial charge in [-0.15, -0.1) is 0 Å². The SMILES string of the molecule is CCOC(=O)C1C(C(=O)OCc2ccccc2)N1C(=O)[C@H]1CCCN1C(=O)[C@H](CC(C)C)NC(=O)OC(C)(C)C. The summed E-state index contributed by atoms with van der Waals surface area (Å²) < 4.78 is 15.9. The van der Waals surface area contributed by atoms with E-state index >= 15 is 0 Å². The molecule has 2 aliphatic heterocycles. The normalized spacial score (nSPS) is 21.0. The van der Waals surface area contributed by atoms with Gasteiger partial charge in [0.05, 0.1) is 6.61 Å². The standard InChI is InChI=1S/C29H41N3O8/c1-7-38-26(35)22-23(27(36)39-17-19-12-9-8-10-13-19)32(22)25(34)21-14-11-15-31(21)24(33)20(16-18(2)3)30-28(37)40-29(4,5)6/h8-10,12-13,18,20-23H,7,11,14-17H2,1-6H3,(H,30,37)/t20-,21+,22?,23?,32?/m0/s1. The fraction of sp³-hybridized carbons (Fsp3) is 0.621. The number of esters is 2. The zero-order valence-electron chi connectivity index (χ0n) is 24.2. The van der Waals surface area contributed by atoms with Crippen LogP contribution in [0, 0.1) is 5.92 Å². The van der Waals surface area contributed by atoms with Crippen LogP contribution in [-0.2, 0) is 40.0 Å². The number of nitrogens with zero attached hydrogens (tertiary/aromatic N) is 2. The highest BCUT2D eigenvalue weighted by Crippen LogP contribution is 2.35. The van der Waals surface area contributed by atoms with E-state index in [1.54, 1.807) is 39.8 Å². The van der Waals surface area contributed by atoms with Crippen molar-refractivity contribution >= 4 is 29.8 Å². The average molecular weight is 560 g/mol. The van der Waals surface area contributed by atoms with E-state index in [1.165, 1.54) is 4.90 Å². The molecule has 1 N–H and O–H groups in total. The fourth-order valence-electron chi connectivity index (χ4n) is 4.83. The van der Waals surface area contributed by atoms with E-state index in [0.29, 0.717) is 25.8 Å². The molecule has 4 atom stereocenters. The number of carbonyl (C=O) groups excluding carboxylic acids is 5. The molecular weight excluding hydrogens is 518 g/mol. The summed E-state index contributed by atoms with van der Waals surface area (Å²) in [4.78, 5) is 68.0. The molecule has 3 rings (SSSR count). The van der Waals surface area contributed by atoms with Crippen LogP contribution in [0.4, 0.5) is 4.79 Å². The molecule has 40 heavy (non-hydrogen) atoms. The van der Waals surface area contributed by atoms with E-state index < -0.39 is 59.6 Å². The van der Waals surface area contributed by atoms with E-state index in [0.717, 1.165) is 10.5 Å². The van der Waals surface area contributed by atoms with Gasteiger partial charge in [0.15, 0.2) is 12.1 Å². The summed E-state index contributed by atoms with van der Waals surface area (Å²) in [6, 6.07) is 5.04. The quantitative estimate of drug-likeness (QED) is 0.263. The lowest BCUT2D eigenvalue weighted by atomic mass is 10.0. The van der Waals surface area contributed by atoms with Crippen molar-refractivity contribution in [3.05, 3.63) is 35.9 Å². The molecule has 11 nitrogen and oxygen atoms in total. The van der Waals surface area contributed by atoms with Gasteiger partial charge in [0.25, 0.3) is 0 Å². The number of carbonyl (C=O) groups is 5. The van der Waals surface area contributed by atoms with Crippen LogP contribution in [0.25, 0.3) is 0 Å². The molecule has 2 unspecified atom stereocenters. The van der Waals surface area contributed by atoms with Gasteiger partial charge in [-0.3, -0.25) is 9.59 Å². The van der Waals surface area contributed by atoms with Gasteiger partial charge >= 0.3 is 18.0 Å². The second-order valence-corrected chi connectivity index (χ2v) is 11.5. The number of rotatable bonds is 10. The Balaban J connectivity index is 1.74. The fourth-order valence-corrected chi connectivity index (χ4v) is 4.83. The molecule has 1 aromatic rings. The summed E-state index contributed by atoms with van der Waals surface area (Å²) in [6.45, 7) is 11.1. The molecule has 2 aliphatic rings. The maximum Gasteiger partial charge on any atom is 0.408 e. The van der Waals surface area contributed by atoms with Gasteiger partial charge in [-0.1, -0.05) is 44.2 Å². The first-order valence-corrected chi connectivity index (χ1v) is 13.8. The lowest BCUT2D eigenvalue weighted by Crippen LogP contribution is -2.53. The molecule has 0 bridgehead atoms. The Morgan fingerprint density at radius 3 is 2.20 bits per heavy atom. The molecule has 1 aromatic carbocycles. The van der Waals surface area contributed by atoms with E-state index in [9.17, 15) is 24.0 Å². The molecule has 2 saturated heterocycles. The first-order chi connectivity index (χ1) is 18.8. The Labute approximate surface area is 235 Å². The predicted molar refractivity (Wildman–Crippen MR) is 145 cm³/mol. The molecule has 2 heterocycles. The molecule has 0 saturated carbocycles. The second kappa shape index (κ2) is 13.1. The van der Waals surface area contributed by atoms with Crippen molar-refractivity contribution in [1.82, 2.24) is 15.1 Å². The Kier molecular flexibility index (Phi) is 10.2. The first-order valence-electron chi connectivity index (χ1n) is 13.8. The van der Waals surface area contributed by atoms with Crippen molar-refractivity contribution in [1.29, 1.82) is 0 Å². The third-order valence-electron chi connectivity index (χ3n) is 6.57. The monoisotopic (exact) mass is 559 g/mol. The summed E-state index contributed by atoms with van der Waals surface area (Å²) in [7, 11) is 0. The summed E-state index contributed by atoms with van der Waals surface area (Å²) in [5.41, 5.74) is 0.0240. The lowest BCUT2D eigenvalue weighted by Gasteiger charge is -2.30. The molecule has 2 fully saturated rings. The van der Waals surface area contributed by atoms with Crippen molar-refractivity contribution in [3.8, 4) is 0 Å². The van der Waals surface area contributed by atoms with Crippen LogP contribution in [0.2, 0.25) is 0 Å². The zero-order valence-corrected chi connectivity index (χ0v) is 24.2. The molecule has 0 radical (unpaired) electrons. The number of alkyl carbamates (subject to hydrolysis) is 1. The molecule has 0 aliphatic carbocycles. The zero-order chi connectivity index (χ0) is 29.6. The third-order valence-corrected chi connectivity index (χ3v) is 6.57. The Morgan fingerprint density at radius 2 is 1.62 bits per heavy atom. The van der Waals surface area contributed by atoms with Gasteiger partial charge in [-0.25, -0.2) is 14.4 Å². The average Bonchev–Trinajstić information content (AvgIpc) is 3.44. The van der Waals surface area contributed by atoms with Crippen LogP contribution in [0.15, 0.2) is 30.3 Å². The van der Waals surface area contributed by atoms with Crippen LogP contribution in [0.1, 0.15) is 66.4 Å². The number of likely N-dealkylation sites (tertiary alicyclic amines) is 1. The van der Waals surface area contributed by atoms with E-state index in [4.69, 9.17) is 14.2 Å². The van der Waals surface area contributed by atoms with Crippen molar-refractivity contribution in [2.24, 2.45) is 5.92 Å². The van der Waals surface area contributed by atoms with Crippen LogP contribution in [0.5, 0.6) is 0 Å². The van der Waals surface area contributed by atoms with Gasteiger partial charge in [0.2, 0.25) is 11.8 Å². The number of amides is 3. The summed E-state index contributed by atoms with van der Waals surface area (Å²) >= 11 is 0. The largest absolute Gasteiger partial charge is 0.464 e. The molecule has 0 spiro atoms. The maximum atomic E-state index is 13.7. The van der Waals surface area contributed by atoms with Gasteiger partial charge in [-0.2, -0.15) is 0 Å². The lowest BCUT2D eigenvalue weighted by molar-refractivity contribution is -0.148. The van der Waals surface area contributed by atoms with Crippen molar-refractivity contribution in [2.75, 3.05) is 13.2 Å². The third kappa shape index (κ3) is 7.95. The van der Waals surface area contributed by atoms with E-state index in [1.807, 2.05) is 32.0 Å². The Hall–Kier alpha value is -3.63. The number of nitrogens with one attached hydrogen (secondary N) is 1. The minimum Gasteiger partial charge on any atom is -0.464 e. The summed E-state index contributed by atoms with van der Waals surface area (Å²) in [6.07, 6.45) is 0.551. The van der Waals surface area contributed by atoms with Gasteiger partial charge in [-0.05, 0) is 58.4 Å². The molecule has 11 heteroatoms. The van der Waals surface area contributed by atoms with Crippen molar-refractivity contribution in [2.45, 2.75) is 97.2 Å². The summed E-state index contributed by atoms with van der Waals surface area (Å²) in [5, 5.41) is 2.66. The smallest absolute Gasteiger partial charge is 0.408 e. The number of benzene rings is 1. The number of hydrogen-bond donors (Lipinski definition) is 1. The highest BCUT2D eigenvalue weighted by atomic mass is 16.6. The van der Waals surface area contributed by atoms with Crippen LogP contribution in [-0.4, -0.2) is 82.6 Å². The number of ether oxygens (including phenoxy) is 3. The summed E-state index contributed by atoms with van der Waals surface area (Å²) in [5.74, 6) is -2.27. The highest BCUT2D eigenvalue weighted by Gasteiger charge is 2.63. The van der Waals surface area contributed by atoms with Gasteiger partial charge < -0.3 is 29.3 Å². The minimum atomic E-state index is -1.13. The van der Waals surface area contributed by atoms with Crippen LogP contribution >= 0.6 is 0 Å².